The van der Waals surface area contributed by atoms with Crippen LogP contribution in [-0.2, 0) is 0 Å². The van der Waals surface area contributed by atoms with E-state index in [4.69, 9.17) is 11.1 Å². The molecule has 0 aromatic carbocycles. The molecule has 0 bridgehead atoms. The van der Waals surface area contributed by atoms with Crippen molar-refractivity contribution >= 4 is 17.6 Å². The predicted molar refractivity (Wildman–Crippen MR) is 73.1 cm³/mol. The van der Waals surface area contributed by atoms with Gasteiger partial charge in [0.1, 0.15) is 10.9 Å². The molecule has 0 saturated carbocycles. The van der Waals surface area contributed by atoms with Crippen LogP contribution in [-0.4, -0.2) is 15.8 Å². The minimum absolute atomic E-state index is 0.0456. The van der Waals surface area contributed by atoms with Crippen molar-refractivity contribution in [3.63, 3.8) is 0 Å². The van der Waals surface area contributed by atoms with E-state index in [1.165, 1.54) is 17.3 Å². The van der Waals surface area contributed by atoms with Crippen LogP contribution >= 0.6 is 11.8 Å². The van der Waals surface area contributed by atoms with Gasteiger partial charge in [-0.15, -0.1) is 0 Å². The molecule has 5 heteroatoms. The number of nitrogens with one attached hydrogen (secondary N) is 1. The van der Waals surface area contributed by atoms with Gasteiger partial charge in [-0.1, -0.05) is 11.8 Å². The van der Waals surface area contributed by atoms with E-state index in [2.05, 4.69) is 9.97 Å². The second-order valence-corrected chi connectivity index (χ2v) is 5.07. The van der Waals surface area contributed by atoms with Gasteiger partial charge in [0.2, 0.25) is 0 Å². The number of nitrogens with zero attached hydrogens (tertiary/aromatic N) is 2. The summed E-state index contributed by atoms with van der Waals surface area (Å²) < 4.78 is 0. The molecule has 0 saturated heterocycles. The van der Waals surface area contributed by atoms with Gasteiger partial charge in [-0.05, 0) is 37.6 Å². The van der Waals surface area contributed by atoms with Crippen molar-refractivity contribution in [2.75, 3.05) is 0 Å². The zero-order chi connectivity index (χ0) is 13.1. The summed E-state index contributed by atoms with van der Waals surface area (Å²) in [5.74, 6) is 0.0456. The summed E-state index contributed by atoms with van der Waals surface area (Å²) in [6, 6.07) is 5.78. The van der Waals surface area contributed by atoms with Gasteiger partial charge >= 0.3 is 0 Å². The third-order valence-corrected chi connectivity index (χ3v) is 3.33. The summed E-state index contributed by atoms with van der Waals surface area (Å²) in [6.45, 7) is 4.00. The molecule has 18 heavy (non-hydrogen) atoms. The molecule has 4 nitrogen and oxygen atoms in total. The smallest absolute Gasteiger partial charge is 0.124 e. The van der Waals surface area contributed by atoms with E-state index in [1.807, 2.05) is 26.0 Å². The lowest BCUT2D eigenvalue weighted by Gasteiger charge is -2.07. The van der Waals surface area contributed by atoms with E-state index in [0.717, 1.165) is 15.6 Å². The Balaban J connectivity index is 2.37. The Morgan fingerprint density at radius 3 is 2.78 bits per heavy atom. The maximum atomic E-state index is 7.54. The van der Waals surface area contributed by atoms with Gasteiger partial charge in [0.25, 0.3) is 0 Å². The lowest BCUT2D eigenvalue weighted by molar-refractivity contribution is 1.04. The number of hydrogen-bond donors (Lipinski definition) is 2. The molecule has 0 aliphatic carbocycles. The quantitative estimate of drug-likeness (QED) is 0.655. The largest absolute Gasteiger partial charge is 0.384 e. The molecular formula is C13H14N4S. The molecule has 0 atom stereocenters. The molecule has 0 unspecified atom stereocenters. The number of nitrogens with two attached hydrogens (primary N) is 1. The fraction of sp³-hybridized carbons (Fsp3) is 0.154. The Labute approximate surface area is 110 Å². The van der Waals surface area contributed by atoms with Gasteiger partial charge in [0, 0.05) is 28.5 Å². The van der Waals surface area contributed by atoms with Crippen molar-refractivity contribution < 1.29 is 0 Å². The first-order valence-corrected chi connectivity index (χ1v) is 6.29. The van der Waals surface area contributed by atoms with Crippen LogP contribution in [0.25, 0.3) is 0 Å². The Hall–Kier alpha value is -1.88. The van der Waals surface area contributed by atoms with Crippen LogP contribution in [0.3, 0.4) is 0 Å². The van der Waals surface area contributed by atoms with Crippen molar-refractivity contribution in [2.24, 2.45) is 5.73 Å². The molecule has 92 valence electrons. The minimum Gasteiger partial charge on any atom is -0.384 e. The van der Waals surface area contributed by atoms with Crippen LogP contribution in [0, 0.1) is 19.3 Å². The number of amidine groups is 1. The Morgan fingerprint density at radius 2 is 2.11 bits per heavy atom. The summed E-state index contributed by atoms with van der Waals surface area (Å²) in [7, 11) is 0. The van der Waals surface area contributed by atoms with Crippen LogP contribution < -0.4 is 5.73 Å². The van der Waals surface area contributed by atoms with Crippen LogP contribution in [0.2, 0.25) is 0 Å². The summed E-state index contributed by atoms with van der Waals surface area (Å²) in [6.07, 6.45) is 3.34. The van der Waals surface area contributed by atoms with Gasteiger partial charge in [-0.3, -0.25) is 10.4 Å². The number of aryl methyl sites for hydroxylation is 2. The molecule has 2 aromatic heterocycles. The van der Waals surface area contributed by atoms with Gasteiger partial charge in [0.05, 0.1) is 0 Å². The Morgan fingerprint density at radius 1 is 1.33 bits per heavy atom. The zero-order valence-electron chi connectivity index (χ0n) is 10.3. The van der Waals surface area contributed by atoms with Crippen molar-refractivity contribution in [2.45, 2.75) is 23.8 Å². The maximum absolute atomic E-state index is 7.54. The van der Waals surface area contributed by atoms with Crippen molar-refractivity contribution in [1.82, 2.24) is 9.97 Å². The van der Waals surface area contributed by atoms with E-state index in [1.54, 1.807) is 18.5 Å². The van der Waals surface area contributed by atoms with Gasteiger partial charge < -0.3 is 5.73 Å². The highest BCUT2D eigenvalue weighted by Crippen LogP contribution is 2.28. The van der Waals surface area contributed by atoms with E-state index in [9.17, 15) is 0 Å². The molecule has 0 radical (unpaired) electrons. The van der Waals surface area contributed by atoms with E-state index >= 15 is 0 Å². The Kier molecular flexibility index (Phi) is 3.62. The third-order valence-electron chi connectivity index (χ3n) is 2.36. The van der Waals surface area contributed by atoms with E-state index in [-0.39, 0.29) is 5.84 Å². The standard InChI is InChI=1S/C13H14N4S/c1-8-5-9(2)17-12(6-8)18-11-7-16-4-3-10(11)13(14)15/h3-7H,1-2H3,(H3,14,15). The monoisotopic (exact) mass is 258 g/mol. The summed E-state index contributed by atoms with van der Waals surface area (Å²) >= 11 is 1.48. The maximum Gasteiger partial charge on any atom is 0.124 e. The average Bonchev–Trinajstić information content (AvgIpc) is 2.27. The second kappa shape index (κ2) is 5.18. The van der Waals surface area contributed by atoms with E-state index in [0.29, 0.717) is 5.56 Å². The van der Waals surface area contributed by atoms with Crippen LogP contribution in [0.15, 0.2) is 40.5 Å². The van der Waals surface area contributed by atoms with Crippen LogP contribution in [0.1, 0.15) is 16.8 Å². The van der Waals surface area contributed by atoms with Gasteiger partial charge in [0.15, 0.2) is 0 Å². The lowest BCUT2D eigenvalue weighted by atomic mass is 10.2. The SMILES string of the molecule is Cc1cc(C)nc(Sc2cnccc2C(=N)N)c1. The minimum atomic E-state index is 0.0456. The molecule has 2 aromatic rings. The number of rotatable bonds is 3. The first kappa shape index (κ1) is 12.6. The topological polar surface area (TPSA) is 75.7 Å². The lowest BCUT2D eigenvalue weighted by Crippen LogP contribution is -2.12. The molecule has 0 aliphatic rings. The molecular weight excluding hydrogens is 244 g/mol. The number of pyridine rings is 2. The molecule has 2 heterocycles. The van der Waals surface area contributed by atoms with Crippen LogP contribution in [0.5, 0.6) is 0 Å². The molecule has 0 aliphatic heterocycles. The number of nitrogen functional groups attached to an aromatic ring is 1. The first-order chi connectivity index (χ1) is 8.56. The van der Waals surface area contributed by atoms with Crippen molar-refractivity contribution in [3.8, 4) is 0 Å². The van der Waals surface area contributed by atoms with Gasteiger partial charge in [-0.2, -0.15) is 0 Å². The normalized spacial score (nSPS) is 10.3. The van der Waals surface area contributed by atoms with Crippen molar-refractivity contribution in [3.05, 3.63) is 47.4 Å². The van der Waals surface area contributed by atoms with Crippen LogP contribution in [0.4, 0.5) is 0 Å². The summed E-state index contributed by atoms with van der Waals surface area (Å²) in [5, 5.41) is 8.43. The van der Waals surface area contributed by atoms with Gasteiger partial charge in [-0.25, -0.2) is 4.98 Å². The third kappa shape index (κ3) is 2.87. The molecule has 3 N–H and O–H groups in total. The number of hydrogen-bond acceptors (Lipinski definition) is 4. The molecule has 0 spiro atoms. The average molecular weight is 258 g/mol. The summed E-state index contributed by atoms with van der Waals surface area (Å²) in [4.78, 5) is 9.37. The van der Waals surface area contributed by atoms with Crippen molar-refractivity contribution in [1.29, 1.82) is 5.41 Å². The Bertz CT molecular complexity index is 575. The highest BCUT2D eigenvalue weighted by atomic mass is 32.2. The fourth-order valence-corrected chi connectivity index (χ4v) is 2.71. The number of aromatic nitrogens is 2. The molecule has 0 fully saturated rings. The highest BCUT2D eigenvalue weighted by molar-refractivity contribution is 7.99. The summed E-state index contributed by atoms with van der Waals surface area (Å²) in [5.41, 5.74) is 8.38. The molecule has 0 amide bonds. The zero-order valence-corrected chi connectivity index (χ0v) is 11.1. The van der Waals surface area contributed by atoms with E-state index < -0.39 is 0 Å². The second-order valence-electron chi connectivity index (χ2n) is 4.01. The first-order valence-electron chi connectivity index (χ1n) is 5.48. The molecule has 2 rings (SSSR count). The highest BCUT2D eigenvalue weighted by Gasteiger charge is 2.08. The predicted octanol–water partition coefficient (Wildman–Crippen LogP) is 2.53. The fourth-order valence-electron chi connectivity index (χ4n) is 1.65.